The van der Waals surface area contributed by atoms with Gasteiger partial charge in [-0.05, 0) is 93.0 Å². The maximum absolute atomic E-state index is 16.2. The largest absolute Gasteiger partial charge is 0.480 e. The van der Waals surface area contributed by atoms with Gasteiger partial charge in [0.05, 0.1) is 24.6 Å². The molecule has 0 radical (unpaired) electrons. The van der Waals surface area contributed by atoms with Crippen LogP contribution in [0.5, 0.6) is 0 Å². The Labute approximate surface area is 296 Å². The third-order valence-corrected chi connectivity index (χ3v) is 10.0. The van der Waals surface area contributed by atoms with Crippen LogP contribution in [0.25, 0.3) is 0 Å². The number of carbonyl (C=O) groups excluding carboxylic acids is 3. The number of anilines is 2. The summed E-state index contributed by atoms with van der Waals surface area (Å²) in [5.41, 5.74) is 0.514. The summed E-state index contributed by atoms with van der Waals surface area (Å²) in [5, 5.41) is 24.0. The molecule has 1 aromatic heterocycles. The van der Waals surface area contributed by atoms with Crippen LogP contribution in [-0.2, 0) is 41.6 Å². The fourth-order valence-electron chi connectivity index (χ4n) is 7.13. The number of aryl methyl sites for hydroxylation is 1. The lowest BCUT2D eigenvalue weighted by Crippen LogP contribution is -2.63. The lowest BCUT2D eigenvalue weighted by atomic mass is 9.80. The SMILES string of the molecule is COC(=O)Cn1nnnc1CC[C@H](Nc1ccc(N(C2CCC3=C(C2)CN(C)C=N3)C2(COC(=O)C(C)(C)C)C(=O)CCC2C)cc1F)C(=O)O. The molecule has 1 aliphatic heterocycles. The van der Waals surface area contributed by atoms with E-state index in [0.29, 0.717) is 44.3 Å². The summed E-state index contributed by atoms with van der Waals surface area (Å²) in [6.45, 7) is 7.50. The van der Waals surface area contributed by atoms with Crippen molar-refractivity contribution >= 4 is 41.4 Å². The number of ether oxygens (including phenoxy) is 2. The van der Waals surface area contributed by atoms with Crippen LogP contribution < -0.4 is 10.2 Å². The Morgan fingerprint density at radius 3 is 2.63 bits per heavy atom. The number of benzene rings is 1. The lowest BCUT2D eigenvalue weighted by Gasteiger charge is -2.50. The third kappa shape index (κ3) is 8.04. The third-order valence-electron chi connectivity index (χ3n) is 10.0. The molecule has 2 aliphatic carbocycles. The van der Waals surface area contributed by atoms with Crippen molar-refractivity contribution in [3.05, 3.63) is 41.1 Å². The van der Waals surface area contributed by atoms with Crippen LogP contribution in [0, 0.1) is 17.2 Å². The first kappa shape index (κ1) is 37.4. The Hall–Kier alpha value is -4.89. The van der Waals surface area contributed by atoms with Crippen LogP contribution in [-0.4, -0.2) is 105 Å². The molecule has 4 atom stereocenters. The fraction of sp³-hybridized carbons (Fsp3) is 0.600. The summed E-state index contributed by atoms with van der Waals surface area (Å²) in [7, 11) is 3.18. The highest BCUT2D eigenvalue weighted by molar-refractivity contribution is 5.95. The summed E-state index contributed by atoms with van der Waals surface area (Å²) in [6, 6.07) is 3.02. The molecule has 2 aromatic rings. The zero-order valence-electron chi connectivity index (χ0n) is 30.0. The molecular weight excluding hydrogens is 663 g/mol. The number of carboxylic acids is 1. The number of allylic oxidation sites excluding steroid dienone is 1. The van der Waals surface area contributed by atoms with E-state index in [1.807, 2.05) is 30.1 Å². The number of aromatic nitrogens is 4. The van der Waals surface area contributed by atoms with Gasteiger partial charge in [0.1, 0.15) is 30.5 Å². The number of ketones is 1. The normalized spacial score (nSPS) is 22.4. The van der Waals surface area contributed by atoms with Crippen LogP contribution in [0.4, 0.5) is 15.8 Å². The number of hydrogen-bond acceptors (Lipinski definition) is 13. The van der Waals surface area contributed by atoms with Gasteiger partial charge in [-0.1, -0.05) is 6.92 Å². The molecule has 1 fully saturated rings. The molecule has 0 saturated heterocycles. The van der Waals surface area contributed by atoms with Gasteiger partial charge in [0.15, 0.2) is 11.6 Å². The first-order valence-electron chi connectivity index (χ1n) is 17.2. The van der Waals surface area contributed by atoms with Crippen LogP contribution in [0.2, 0.25) is 0 Å². The van der Waals surface area contributed by atoms with Crippen molar-refractivity contribution in [2.24, 2.45) is 16.3 Å². The van der Waals surface area contributed by atoms with Gasteiger partial charge >= 0.3 is 17.9 Å². The number of aliphatic imine (C=N–C) groups is 1. The van der Waals surface area contributed by atoms with Gasteiger partial charge in [-0.25, -0.2) is 18.9 Å². The molecule has 1 saturated carbocycles. The summed E-state index contributed by atoms with van der Waals surface area (Å²) in [4.78, 5) is 59.8. The standard InChI is InChI=1S/C35H47FN8O7/c1-21-7-13-29(45)35(21,19-51-33(49)34(2,3)4)44(23-8-10-26-22(15-23)17-42(5)20-37-26)24-9-11-27(25(36)16-24)38-28(32(47)48)12-14-30-39-40-41-43(30)18-31(46)50-6/h9,11,16,20-21,23,28,38H,7-8,10,12-15,17-19H2,1-6H3,(H,47,48)/t21?,23?,28-,35?/m0/s1. The number of tetrazole rings is 1. The Bertz CT molecular complexity index is 1720. The molecule has 0 bridgehead atoms. The summed E-state index contributed by atoms with van der Waals surface area (Å²) >= 11 is 0. The number of carboxylic acid groups (broad SMARTS) is 1. The molecule has 276 valence electrons. The Morgan fingerprint density at radius 2 is 1.98 bits per heavy atom. The minimum absolute atomic E-state index is 0.0189. The van der Waals surface area contributed by atoms with Crippen molar-refractivity contribution in [3.8, 4) is 0 Å². The number of Topliss-reactive ketones (excluding diaryl/α,β-unsaturated/α-hetero) is 1. The molecule has 5 rings (SSSR count). The number of rotatable bonds is 13. The van der Waals surface area contributed by atoms with E-state index in [-0.39, 0.29) is 55.2 Å². The Balaban J connectivity index is 1.46. The zero-order valence-corrected chi connectivity index (χ0v) is 30.0. The zero-order chi connectivity index (χ0) is 37.1. The number of aliphatic carboxylic acids is 1. The highest BCUT2D eigenvalue weighted by atomic mass is 19.1. The molecule has 3 aliphatic rings. The molecule has 2 N–H and O–H groups in total. The first-order chi connectivity index (χ1) is 24.1. The monoisotopic (exact) mass is 710 g/mol. The molecule has 16 heteroatoms. The van der Waals surface area contributed by atoms with Crippen LogP contribution in [0.3, 0.4) is 0 Å². The van der Waals surface area contributed by atoms with E-state index in [2.05, 4.69) is 30.6 Å². The molecule has 2 heterocycles. The van der Waals surface area contributed by atoms with Crippen molar-refractivity contribution in [3.63, 3.8) is 0 Å². The molecule has 1 aromatic carbocycles. The predicted molar refractivity (Wildman–Crippen MR) is 184 cm³/mol. The van der Waals surface area contributed by atoms with E-state index in [0.717, 1.165) is 11.3 Å². The van der Waals surface area contributed by atoms with E-state index < -0.39 is 40.7 Å². The number of methoxy groups -OCH3 is 1. The second-order valence-corrected chi connectivity index (χ2v) is 14.7. The maximum Gasteiger partial charge on any atom is 0.327 e. The highest BCUT2D eigenvalue weighted by Gasteiger charge is 2.55. The average Bonchev–Trinajstić information content (AvgIpc) is 3.64. The van der Waals surface area contributed by atoms with E-state index in [1.165, 1.54) is 23.9 Å². The van der Waals surface area contributed by atoms with Gasteiger partial charge < -0.3 is 29.7 Å². The summed E-state index contributed by atoms with van der Waals surface area (Å²) in [6.07, 6.45) is 4.66. The number of hydrogen-bond donors (Lipinski definition) is 2. The van der Waals surface area contributed by atoms with Gasteiger partial charge in [-0.3, -0.25) is 14.4 Å². The molecular formula is C35H47FN8O7. The number of halogens is 1. The molecule has 0 amide bonds. The lowest BCUT2D eigenvalue weighted by molar-refractivity contribution is -0.156. The average molecular weight is 711 g/mol. The predicted octanol–water partition coefficient (Wildman–Crippen LogP) is 3.40. The van der Waals surface area contributed by atoms with Gasteiger partial charge in [0.25, 0.3) is 0 Å². The Morgan fingerprint density at radius 1 is 1.22 bits per heavy atom. The fourth-order valence-corrected chi connectivity index (χ4v) is 7.13. The maximum atomic E-state index is 16.2. The molecule has 15 nitrogen and oxygen atoms in total. The molecule has 51 heavy (non-hydrogen) atoms. The van der Waals surface area contributed by atoms with E-state index in [4.69, 9.17) is 4.74 Å². The van der Waals surface area contributed by atoms with E-state index in [1.54, 1.807) is 26.8 Å². The van der Waals surface area contributed by atoms with Crippen molar-refractivity contribution in [1.29, 1.82) is 0 Å². The number of esters is 2. The number of nitrogens with zero attached hydrogens (tertiary/aromatic N) is 7. The quantitative estimate of drug-likeness (QED) is 0.289. The van der Waals surface area contributed by atoms with Crippen molar-refractivity contribution in [1.82, 2.24) is 25.1 Å². The second kappa shape index (κ2) is 15.2. The van der Waals surface area contributed by atoms with Gasteiger partial charge in [-0.15, -0.1) is 5.10 Å². The van der Waals surface area contributed by atoms with E-state index >= 15 is 4.39 Å². The van der Waals surface area contributed by atoms with Crippen molar-refractivity contribution < 1.29 is 38.1 Å². The molecule has 3 unspecified atom stereocenters. The van der Waals surface area contributed by atoms with Crippen molar-refractivity contribution in [2.45, 2.75) is 96.8 Å². The topological polar surface area (TPSA) is 181 Å². The number of carbonyl (C=O) groups is 4. The smallest absolute Gasteiger partial charge is 0.327 e. The second-order valence-electron chi connectivity index (χ2n) is 14.7. The Kier molecular flexibility index (Phi) is 11.1. The summed E-state index contributed by atoms with van der Waals surface area (Å²) < 4.78 is 28.0. The van der Waals surface area contributed by atoms with Gasteiger partial charge in [-0.2, -0.15) is 0 Å². The van der Waals surface area contributed by atoms with E-state index in [9.17, 15) is 24.3 Å². The number of likely N-dealkylation sites (N-methyl/N-ethyl adjacent to an activating group) is 1. The minimum atomic E-state index is -1.24. The minimum Gasteiger partial charge on any atom is -0.480 e. The molecule has 0 spiro atoms. The highest BCUT2D eigenvalue weighted by Crippen LogP contribution is 2.46. The first-order valence-corrected chi connectivity index (χ1v) is 17.2. The van der Waals surface area contributed by atoms with Gasteiger partial charge in [0.2, 0.25) is 0 Å². The van der Waals surface area contributed by atoms with Gasteiger partial charge in [0, 0.05) is 43.9 Å². The summed E-state index contributed by atoms with van der Waals surface area (Å²) in [5.74, 6) is -2.95. The van der Waals surface area contributed by atoms with Crippen LogP contribution >= 0.6 is 0 Å². The number of nitrogens with one attached hydrogen (secondary N) is 1. The van der Waals surface area contributed by atoms with Crippen LogP contribution in [0.1, 0.15) is 72.0 Å². The van der Waals surface area contributed by atoms with Crippen molar-refractivity contribution in [2.75, 3.05) is 37.5 Å². The van der Waals surface area contributed by atoms with Crippen LogP contribution in [0.15, 0.2) is 34.5 Å².